The third-order valence-corrected chi connectivity index (χ3v) is 5.96. The number of aryl methyl sites for hydroxylation is 1. The highest BCUT2D eigenvalue weighted by Crippen LogP contribution is 2.32. The van der Waals surface area contributed by atoms with Gasteiger partial charge in [-0.05, 0) is 30.2 Å². The molecule has 0 fully saturated rings. The smallest absolute Gasteiger partial charge is 0.331 e. The summed E-state index contributed by atoms with van der Waals surface area (Å²) in [5, 5.41) is 3.35. The number of fused-ring (bicyclic) bond motifs is 1. The Morgan fingerprint density at radius 3 is 2.73 bits per heavy atom. The van der Waals surface area contributed by atoms with Crippen molar-refractivity contribution in [3.05, 3.63) is 89.1 Å². The van der Waals surface area contributed by atoms with Crippen LogP contribution in [0.15, 0.2) is 72.3 Å². The Labute approximate surface area is 196 Å². The highest BCUT2D eigenvalue weighted by molar-refractivity contribution is 7.14. The molecule has 0 atom stereocenters. The zero-order valence-electron chi connectivity index (χ0n) is 18.4. The van der Waals surface area contributed by atoms with Gasteiger partial charge in [0, 0.05) is 35.5 Å². The van der Waals surface area contributed by atoms with E-state index in [0.29, 0.717) is 10.8 Å². The lowest BCUT2D eigenvalue weighted by Gasteiger charge is -2.20. The summed E-state index contributed by atoms with van der Waals surface area (Å²) in [6.07, 6.45) is 5.61. The van der Waals surface area contributed by atoms with Crippen molar-refractivity contribution in [1.82, 2.24) is 9.97 Å². The number of benzene rings is 2. The van der Waals surface area contributed by atoms with Gasteiger partial charge < -0.3 is 4.74 Å². The van der Waals surface area contributed by atoms with Gasteiger partial charge in [0.15, 0.2) is 5.13 Å². The van der Waals surface area contributed by atoms with Crippen molar-refractivity contribution in [2.45, 2.75) is 26.9 Å². The largest absolute Gasteiger partial charge is 0.456 e. The molecule has 0 radical (unpaired) electrons. The lowest BCUT2D eigenvalue weighted by molar-refractivity contribution is -0.139. The predicted octanol–water partition coefficient (Wildman–Crippen LogP) is 5.69. The van der Waals surface area contributed by atoms with E-state index in [2.05, 4.69) is 9.97 Å². The van der Waals surface area contributed by atoms with Crippen molar-refractivity contribution in [2.75, 3.05) is 4.90 Å². The third-order valence-electron chi connectivity index (χ3n) is 5.08. The van der Waals surface area contributed by atoms with E-state index in [1.807, 2.05) is 61.5 Å². The number of rotatable bonds is 7. The number of esters is 1. The number of hydrogen-bond acceptors (Lipinski definition) is 6. The predicted molar refractivity (Wildman–Crippen MR) is 131 cm³/mol. The lowest BCUT2D eigenvalue weighted by Crippen LogP contribution is -2.23. The molecule has 2 aromatic heterocycles. The summed E-state index contributed by atoms with van der Waals surface area (Å²) in [5.74, 6) is -0.599. The van der Waals surface area contributed by atoms with E-state index >= 15 is 0 Å². The number of ether oxygens (including phenoxy) is 1. The Balaban J connectivity index is 1.44. The van der Waals surface area contributed by atoms with E-state index in [0.717, 1.165) is 34.1 Å². The fourth-order valence-electron chi connectivity index (χ4n) is 3.51. The van der Waals surface area contributed by atoms with Gasteiger partial charge in [0.2, 0.25) is 5.91 Å². The number of hydrogen-bond donors (Lipinski definition) is 0. The van der Waals surface area contributed by atoms with Crippen LogP contribution in [0, 0.1) is 0 Å². The van der Waals surface area contributed by atoms with Gasteiger partial charge in [-0.25, -0.2) is 9.78 Å². The summed E-state index contributed by atoms with van der Waals surface area (Å²) in [6, 6.07) is 17.4. The Morgan fingerprint density at radius 2 is 1.91 bits per heavy atom. The first-order chi connectivity index (χ1) is 16.1. The quantitative estimate of drug-likeness (QED) is 0.263. The molecule has 0 saturated carbocycles. The average molecular weight is 458 g/mol. The van der Waals surface area contributed by atoms with Crippen molar-refractivity contribution in [3.63, 3.8) is 0 Å². The van der Waals surface area contributed by atoms with Crippen LogP contribution in [0.3, 0.4) is 0 Å². The van der Waals surface area contributed by atoms with Crippen LogP contribution in [0.4, 0.5) is 10.8 Å². The molecule has 0 aliphatic heterocycles. The van der Waals surface area contributed by atoms with Gasteiger partial charge in [-0.1, -0.05) is 49.4 Å². The topological polar surface area (TPSA) is 72.4 Å². The number of pyridine rings is 1. The van der Waals surface area contributed by atoms with E-state index in [9.17, 15) is 9.59 Å². The molecule has 1 amide bonds. The number of anilines is 2. The number of carbonyl (C=O) groups excluding carboxylic acids is 2. The molecular weight excluding hydrogens is 434 g/mol. The summed E-state index contributed by atoms with van der Waals surface area (Å²) in [6.45, 7) is 3.58. The van der Waals surface area contributed by atoms with Gasteiger partial charge in [-0.2, -0.15) is 0 Å². The second kappa shape index (κ2) is 10.2. The molecule has 0 saturated heterocycles. The lowest BCUT2D eigenvalue weighted by atomic mass is 10.1. The molecular formula is C26H23N3O3S. The van der Waals surface area contributed by atoms with Crippen LogP contribution in [0.25, 0.3) is 17.0 Å². The van der Waals surface area contributed by atoms with Crippen LogP contribution < -0.4 is 4.90 Å². The second-order valence-electron chi connectivity index (χ2n) is 7.32. The first-order valence-electron chi connectivity index (χ1n) is 10.6. The first-order valence-corrected chi connectivity index (χ1v) is 11.5. The maximum Gasteiger partial charge on any atom is 0.331 e. The number of thiazole rings is 1. The zero-order chi connectivity index (χ0) is 23.2. The van der Waals surface area contributed by atoms with E-state index in [1.165, 1.54) is 24.3 Å². The van der Waals surface area contributed by atoms with Gasteiger partial charge >= 0.3 is 5.97 Å². The Kier molecular flexibility index (Phi) is 6.90. The van der Waals surface area contributed by atoms with Gasteiger partial charge in [0.1, 0.15) is 6.61 Å². The average Bonchev–Trinajstić information content (AvgIpc) is 3.30. The Hall–Kier alpha value is -3.84. The minimum atomic E-state index is -0.475. The van der Waals surface area contributed by atoms with Crippen molar-refractivity contribution in [2.24, 2.45) is 0 Å². The zero-order valence-corrected chi connectivity index (χ0v) is 19.2. The number of para-hydroxylation sites is 2. The molecule has 6 nitrogen and oxygen atoms in total. The maximum absolute atomic E-state index is 12.4. The van der Waals surface area contributed by atoms with Crippen LogP contribution in [0.2, 0.25) is 0 Å². The summed E-state index contributed by atoms with van der Waals surface area (Å²) in [5.41, 5.74) is 4.13. The third kappa shape index (κ3) is 5.15. The van der Waals surface area contributed by atoms with E-state index in [1.54, 1.807) is 22.6 Å². The molecule has 4 aromatic rings. The highest BCUT2D eigenvalue weighted by atomic mass is 32.1. The van der Waals surface area contributed by atoms with E-state index < -0.39 is 5.97 Å². The van der Waals surface area contributed by atoms with E-state index in [4.69, 9.17) is 4.74 Å². The van der Waals surface area contributed by atoms with Crippen LogP contribution >= 0.6 is 11.3 Å². The van der Waals surface area contributed by atoms with Gasteiger partial charge in [-0.15, -0.1) is 11.3 Å². The van der Waals surface area contributed by atoms with Crippen LogP contribution in [-0.2, 0) is 27.4 Å². The summed E-state index contributed by atoms with van der Waals surface area (Å²) in [7, 11) is 0. The molecule has 0 bridgehead atoms. The normalized spacial score (nSPS) is 11.1. The molecule has 2 heterocycles. The SMILES string of the molecule is CCc1ccccc1N(C(C)=O)c1nc(COC(=O)/C=C/c2cccc3cccnc23)cs1. The molecule has 0 aliphatic rings. The number of amides is 1. The second-order valence-corrected chi connectivity index (χ2v) is 8.16. The fourth-order valence-corrected chi connectivity index (χ4v) is 4.38. The Morgan fingerprint density at radius 1 is 1.09 bits per heavy atom. The number of aromatic nitrogens is 2. The molecule has 0 N–H and O–H groups in total. The van der Waals surface area contributed by atoms with Crippen molar-refractivity contribution in [1.29, 1.82) is 0 Å². The summed E-state index contributed by atoms with van der Waals surface area (Å²) < 4.78 is 5.36. The van der Waals surface area contributed by atoms with Crippen LogP contribution in [0.1, 0.15) is 30.7 Å². The standard InChI is InChI=1S/C26H23N3O3S/c1-3-19-8-4-5-12-23(19)29(18(2)30)26-28-22(17-33-26)16-32-24(31)14-13-21-10-6-9-20-11-7-15-27-25(20)21/h4-15,17H,3,16H2,1-2H3/b14-13+. The van der Waals surface area contributed by atoms with Gasteiger partial charge in [-0.3, -0.25) is 14.7 Å². The summed E-state index contributed by atoms with van der Waals surface area (Å²) >= 11 is 1.34. The van der Waals surface area contributed by atoms with Gasteiger partial charge in [0.05, 0.1) is 16.9 Å². The summed E-state index contributed by atoms with van der Waals surface area (Å²) in [4.78, 5) is 35.2. The molecule has 2 aromatic carbocycles. The van der Waals surface area contributed by atoms with Gasteiger partial charge in [0.25, 0.3) is 0 Å². The molecule has 166 valence electrons. The van der Waals surface area contributed by atoms with Crippen molar-refractivity contribution >= 4 is 51.0 Å². The minimum absolute atomic E-state index is 0.0225. The number of carbonyl (C=O) groups is 2. The molecule has 0 spiro atoms. The van der Waals surface area contributed by atoms with Crippen molar-refractivity contribution in [3.8, 4) is 0 Å². The first kappa shape index (κ1) is 22.4. The molecule has 0 unspecified atom stereocenters. The monoisotopic (exact) mass is 457 g/mol. The van der Waals surface area contributed by atoms with Crippen LogP contribution in [-0.4, -0.2) is 21.8 Å². The Bertz CT molecular complexity index is 1320. The molecule has 7 heteroatoms. The fraction of sp³-hybridized carbons (Fsp3) is 0.154. The molecule has 0 aliphatic carbocycles. The van der Waals surface area contributed by atoms with E-state index in [-0.39, 0.29) is 12.5 Å². The van der Waals surface area contributed by atoms with Crippen LogP contribution in [0.5, 0.6) is 0 Å². The molecule has 33 heavy (non-hydrogen) atoms. The maximum atomic E-state index is 12.4. The molecule has 4 rings (SSSR count). The van der Waals surface area contributed by atoms with Crippen molar-refractivity contribution < 1.29 is 14.3 Å². The minimum Gasteiger partial charge on any atom is -0.456 e. The highest BCUT2D eigenvalue weighted by Gasteiger charge is 2.20. The number of nitrogens with zero attached hydrogens (tertiary/aromatic N) is 3.